The van der Waals surface area contributed by atoms with Gasteiger partial charge in [-0.05, 0) is 40.6 Å². The van der Waals surface area contributed by atoms with Crippen LogP contribution in [0.5, 0.6) is 0 Å². The highest BCUT2D eigenvalue weighted by atomic mass is 35.5. The second kappa shape index (κ2) is 5.51. The number of fused-ring (bicyclic) bond motifs is 1. The molecule has 0 spiro atoms. The zero-order valence-electron chi connectivity index (χ0n) is 11.3. The Balaban J connectivity index is 1.86. The molecule has 2 nitrogen and oxygen atoms in total. The van der Waals surface area contributed by atoms with Crippen LogP contribution in [0, 0.1) is 0 Å². The van der Waals surface area contributed by atoms with Crippen LogP contribution in [-0.2, 0) is 6.54 Å². The number of halogens is 1. The van der Waals surface area contributed by atoms with Crippen LogP contribution >= 0.6 is 11.6 Å². The van der Waals surface area contributed by atoms with Crippen molar-refractivity contribution in [2.24, 2.45) is 0 Å². The van der Waals surface area contributed by atoms with Crippen molar-refractivity contribution >= 4 is 28.1 Å². The van der Waals surface area contributed by atoms with Gasteiger partial charge in [-0.25, -0.2) is 4.98 Å². The average Bonchev–Trinajstić information content (AvgIpc) is 2.47. The molecule has 0 unspecified atom stereocenters. The molecular weight excluding hydrogens is 268 g/mol. The molecule has 0 aliphatic carbocycles. The summed E-state index contributed by atoms with van der Waals surface area (Å²) in [6.07, 6.45) is 1.74. The topological polar surface area (TPSA) is 16.1 Å². The summed E-state index contributed by atoms with van der Waals surface area (Å²) in [7, 11) is 2.08. The fraction of sp³-hybridized carbons (Fsp3) is 0.118. The van der Waals surface area contributed by atoms with Crippen molar-refractivity contribution in [2.75, 3.05) is 11.9 Å². The zero-order chi connectivity index (χ0) is 13.9. The van der Waals surface area contributed by atoms with Crippen molar-refractivity contribution in [3.63, 3.8) is 0 Å². The maximum Gasteiger partial charge on any atom is 0.129 e. The van der Waals surface area contributed by atoms with E-state index < -0.39 is 0 Å². The number of benzene rings is 2. The van der Waals surface area contributed by atoms with Crippen molar-refractivity contribution in [3.8, 4) is 0 Å². The molecule has 1 heterocycles. The molecule has 20 heavy (non-hydrogen) atoms. The van der Waals surface area contributed by atoms with Crippen molar-refractivity contribution < 1.29 is 0 Å². The third-order valence-corrected chi connectivity index (χ3v) is 3.59. The Bertz CT molecular complexity index is 740. The molecule has 1 aromatic heterocycles. The number of nitrogens with zero attached hydrogens (tertiary/aromatic N) is 2. The van der Waals surface area contributed by atoms with Gasteiger partial charge in [0.2, 0.25) is 0 Å². The van der Waals surface area contributed by atoms with Gasteiger partial charge in [-0.1, -0.05) is 41.9 Å². The van der Waals surface area contributed by atoms with E-state index in [0.29, 0.717) is 5.15 Å². The molecule has 2 aromatic carbocycles. The highest BCUT2D eigenvalue weighted by molar-refractivity contribution is 6.29. The van der Waals surface area contributed by atoms with Gasteiger partial charge in [0.05, 0.1) is 0 Å². The van der Waals surface area contributed by atoms with E-state index in [1.165, 1.54) is 16.5 Å². The number of aromatic nitrogens is 1. The van der Waals surface area contributed by atoms with Gasteiger partial charge in [-0.3, -0.25) is 0 Å². The summed E-state index contributed by atoms with van der Waals surface area (Å²) in [4.78, 5) is 6.21. The number of anilines is 1. The third kappa shape index (κ3) is 2.75. The lowest BCUT2D eigenvalue weighted by Crippen LogP contribution is -2.16. The van der Waals surface area contributed by atoms with E-state index in [1.54, 1.807) is 6.20 Å². The normalized spacial score (nSPS) is 10.7. The molecule has 0 N–H and O–H groups in total. The van der Waals surface area contributed by atoms with E-state index in [-0.39, 0.29) is 0 Å². The van der Waals surface area contributed by atoms with Gasteiger partial charge in [0.25, 0.3) is 0 Å². The lowest BCUT2D eigenvalue weighted by atomic mass is 10.1. The molecule has 0 fully saturated rings. The van der Waals surface area contributed by atoms with Gasteiger partial charge in [0.15, 0.2) is 0 Å². The van der Waals surface area contributed by atoms with Gasteiger partial charge in [-0.2, -0.15) is 0 Å². The first kappa shape index (κ1) is 12.9. The third-order valence-electron chi connectivity index (χ3n) is 3.38. The maximum atomic E-state index is 5.92. The smallest absolute Gasteiger partial charge is 0.129 e. The van der Waals surface area contributed by atoms with Gasteiger partial charge >= 0.3 is 0 Å². The van der Waals surface area contributed by atoms with E-state index in [9.17, 15) is 0 Å². The summed E-state index contributed by atoms with van der Waals surface area (Å²) in [5, 5.41) is 3.05. The fourth-order valence-corrected chi connectivity index (χ4v) is 2.52. The molecule has 0 aliphatic heterocycles. The fourth-order valence-electron chi connectivity index (χ4n) is 2.32. The van der Waals surface area contributed by atoms with E-state index in [1.807, 2.05) is 12.1 Å². The Hall–Kier alpha value is -2.06. The molecule has 0 amide bonds. The summed E-state index contributed by atoms with van der Waals surface area (Å²) in [5.41, 5.74) is 2.34. The van der Waals surface area contributed by atoms with Crippen LogP contribution < -0.4 is 4.90 Å². The lowest BCUT2D eigenvalue weighted by Gasteiger charge is -2.20. The molecule has 3 rings (SSSR count). The highest BCUT2D eigenvalue weighted by Crippen LogP contribution is 2.22. The molecule has 0 aliphatic rings. The van der Waals surface area contributed by atoms with E-state index in [0.717, 1.165) is 12.1 Å². The molecule has 0 radical (unpaired) electrons. The largest absolute Gasteiger partial charge is 0.370 e. The van der Waals surface area contributed by atoms with E-state index in [4.69, 9.17) is 11.6 Å². The van der Waals surface area contributed by atoms with E-state index >= 15 is 0 Å². The molecule has 3 aromatic rings. The van der Waals surface area contributed by atoms with Crippen molar-refractivity contribution in [2.45, 2.75) is 6.54 Å². The van der Waals surface area contributed by atoms with Crippen molar-refractivity contribution in [1.82, 2.24) is 4.98 Å². The second-order valence-corrected chi connectivity index (χ2v) is 5.26. The Labute approximate surface area is 123 Å². The standard InChI is InChI=1S/C17H15ClN2/c1-20(12-13-8-9-19-17(18)10-13)16-7-6-14-4-2-3-5-15(14)11-16/h2-11H,12H2,1H3. The monoisotopic (exact) mass is 282 g/mol. The SMILES string of the molecule is CN(Cc1ccnc(Cl)c1)c1ccc2ccccc2c1. The molecule has 100 valence electrons. The summed E-state index contributed by atoms with van der Waals surface area (Å²) >= 11 is 5.92. The van der Waals surface area contributed by atoms with Crippen molar-refractivity contribution in [1.29, 1.82) is 0 Å². The Kier molecular flexibility index (Phi) is 3.57. The maximum absolute atomic E-state index is 5.92. The Morgan fingerprint density at radius 2 is 1.80 bits per heavy atom. The second-order valence-electron chi connectivity index (χ2n) is 4.87. The molecule has 0 bridgehead atoms. The first-order valence-corrected chi connectivity index (χ1v) is 6.90. The van der Waals surface area contributed by atoms with Crippen LogP contribution in [0.2, 0.25) is 5.15 Å². The molecule has 0 atom stereocenters. The average molecular weight is 283 g/mol. The first-order valence-electron chi connectivity index (χ1n) is 6.53. The van der Waals surface area contributed by atoms with Gasteiger partial charge in [0, 0.05) is 25.5 Å². The number of pyridine rings is 1. The minimum atomic E-state index is 0.536. The van der Waals surface area contributed by atoms with Crippen LogP contribution in [0.15, 0.2) is 60.8 Å². The van der Waals surface area contributed by atoms with Crippen LogP contribution in [-0.4, -0.2) is 12.0 Å². The predicted octanol–water partition coefficient (Wildman–Crippen LogP) is 4.52. The zero-order valence-corrected chi connectivity index (χ0v) is 12.0. The lowest BCUT2D eigenvalue weighted by molar-refractivity contribution is 0.921. The summed E-state index contributed by atoms with van der Waals surface area (Å²) in [6.45, 7) is 0.806. The van der Waals surface area contributed by atoms with E-state index in [2.05, 4.69) is 59.4 Å². The Morgan fingerprint density at radius 1 is 1.00 bits per heavy atom. The number of hydrogen-bond acceptors (Lipinski definition) is 2. The summed E-state index contributed by atoms with van der Waals surface area (Å²) < 4.78 is 0. The summed E-state index contributed by atoms with van der Waals surface area (Å²) in [6, 6.07) is 18.8. The molecule has 0 saturated heterocycles. The van der Waals surface area contributed by atoms with Crippen LogP contribution in [0.3, 0.4) is 0 Å². The quantitative estimate of drug-likeness (QED) is 0.656. The minimum Gasteiger partial charge on any atom is -0.370 e. The minimum absolute atomic E-state index is 0.536. The summed E-state index contributed by atoms with van der Waals surface area (Å²) in [5.74, 6) is 0. The van der Waals surface area contributed by atoms with Crippen LogP contribution in [0.25, 0.3) is 10.8 Å². The Morgan fingerprint density at radius 3 is 2.60 bits per heavy atom. The molecular formula is C17H15ClN2. The molecule has 3 heteroatoms. The first-order chi connectivity index (χ1) is 9.72. The highest BCUT2D eigenvalue weighted by Gasteiger charge is 2.04. The van der Waals surface area contributed by atoms with Crippen molar-refractivity contribution in [3.05, 3.63) is 71.5 Å². The van der Waals surface area contributed by atoms with Crippen LogP contribution in [0.1, 0.15) is 5.56 Å². The van der Waals surface area contributed by atoms with Crippen LogP contribution in [0.4, 0.5) is 5.69 Å². The number of rotatable bonds is 3. The van der Waals surface area contributed by atoms with Gasteiger partial charge < -0.3 is 4.90 Å². The van der Waals surface area contributed by atoms with Gasteiger partial charge in [0.1, 0.15) is 5.15 Å². The molecule has 0 saturated carbocycles. The van der Waals surface area contributed by atoms with Gasteiger partial charge in [-0.15, -0.1) is 0 Å². The predicted molar refractivity (Wildman–Crippen MR) is 85.3 cm³/mol. The number of hydrogen-bond donors (Lipinski definition) is 0.